The highest BCUT2D eigenvalue weighted by Gasteiger charge is 2.38. The molecule has 0 spiro atoms. The number of alkyl halides is 3. The number of fused-ring (bicyclic) bond motifs is 1. The summed E-state index contributed by atoms with van der Waals surface area (Å²) in [6, 6.07) is 11.1. The maximum absolute atomic E-state index is 13.1. The molecule has 1 aromatic carbocycles. The molecule has 4 rings (SSSR count). The lowest BCUT2D eigenvalue weighted by atomic mass is 9.89. The van der Waals surface area contributed by atoms with Gasteiger partial charge in [0.1, 0.15) is 11.6 Å². The van der Waals surface area contributed by atoms with Crippen LogP contribution in [0.5, 0.6) is 5.75 Å². The highest BCUT2D eigenvalue weighted by atomic mass is 19.4. The van der Waals surface area contributed by atoms with E-state index in [1.54, 1.807) is 6.07 Å². The van der Waals surface area contributed by atoms with Crippen LogP contribution in [0.1, 0.15) is 43.0 Å². The quantitative estimate of drug-likeness (QED) is 0.389. The number of aromatic nitrogens is 4. The lowest BCUT2D eigenvalue weighted by molar-refractivity contribution is -0.146. The van der Waals surface area contributed by atoms with Crippen LogP contribution in [0.3, 0.4) is 0 Å². The summed E-state index contributed by atoms with van der Waals surface area (Å²) < 4.78 is 50.4. The smallest absolute Gasteiger partial charge is 0.453 e. The number of methoxy groups -OCH3 is 1. The van der Waals surface area contributed by atoms with E-state index in [1.165, 1.54) is 18.7 Å². The lowest BCUT2D eigenvalue weighted by Crippen LogP contribution is -2.34. The molecule has 1 saturated heterocycles. The summed E-state index contributed by atoms with van der Waals surface area (Å²) in [7, 11) is 1.36. The second-order valence-electron chi connectivity index (χ2n) is 7.84. The Labute approximate surface area is 188 Å². The third-order valence-electron chi connectivity index (χ3n) is 5.69. The Hall–Kier alpha value is -3.37. The Morgan fingerprint density at radius 1 is 1.09 bits per heavy atom. The number of anilines is 1. The minimum Gasteiger partial charge on any atom is -0.494 e. The molecule has 3 aromatic rings. The number of carbonyl (C=O) groups is 1. The van der Waals surface area contributed by atoms with Gasteiger partial charge in [-0.15, -0.1) is 15.3 Å². The third kappa shape index (κ3) is 5.35. The van der Waals surface area contributed by atoms with Crippen molar-refractivity contribution in [2.24, 2.45) is 0 Å². The standard InChI is InChI=1S/C22H24F3N5O3/c1-32-20(31)3-2-14-33-17-6-4-15(5-7-17)16-10-12-29(13-11-16)19-9-8-18-26-27-21(22(23,24)25)30(18)28-19/h4-9,16H,2-3,10-14H2,1H3. The molecule has 0 unspecified atom stereocenters. The summed E-state index contributed by atoms with van der Waals surface area (Å²) in [6.45, 7) is 1.80. The number of benzene rings is 1. The minimum absolute atomic E-state index is 0.0635. The monoisotopic (exact) mass is 463 g/mol. The highest BCUT2D eigenvalue weighted by Crippen LogP contribution is 2.32. The molecule has 0 atom stereocenters. The van der Waals surface area contributed by atoms with E-state index >= 15 is 0 Å². The number of esters is 1. The summed E-state index contributed by atoms with van der Waals surface area (Å²) in [4.78, 5) is 13.1. The first-order chi connectivity index (χ1) is 15.8. The van der Waals surface area contributed by atoms with E-state index in [4.69, 9.17) is 4.74 Å². The predicted molar refractivity (Wildman–Crippen MR) is 113 cm³/mol. The van der Waals surface area contributed by atoms with Crippen LogP contribution in [-0.4, -0.2) is 52.6 Å². The van der Waals surface area contributed by atoms with Crippen molar-refractivity contribution in [3.63, 3.8) is 0 Å². The number of carbonyl (C=O) groups excluding carboxylic acids is 1. The van der Waals surface area contributed by atoms with Gasteiger partial charge in [0.25, 0.3) is 5.82 Å². The van der Waals surface area contributed by atoms with Gasteiger partial charge in [-0.05, 0) is 55.0 Å². The predicted octanol–water partition coefficient (Wildman–Crippen LogP) is 3.86. The molecule has 11 heteroatoms. The first-order valence-corrected chi connectivity index (χ1v) is 10.7. The topological polar surface area (TPSA) is 81.9 Å². The number of rotatable bonds is 7. The van der Waals surface area contributed by atoms with Crippen LogP contribution >= 0.6 is 0 Å². The van der Waals surface area contributed by atoms with Gasteiger partial charge in [0.2, 0.25) is 0 Å². The van der Waals surface area contributed by atoms with Crippen molar-refractivity contribution >= 4 is 17.4 Å². The van der Waals surface area contributed by atoms with Gasteiger partial charge in [-0.25, -0.2) is 0 Å². The van der Waals surface area contributed by atoms with E-state index in [2.05, 4.69) is 20.0 Å². The molecule has 0 amide bonds. The van der Waals surface area contributed by atoms with Crippen LogP contribution in [0.4, 0.5) is 19.0 Å². The van der Waals surface area contributed by atoms with Gasteiger partial charge in [-0.2, -0.15) is 17.7 Å². The number of hydrogen-bond donors (Lipinski definition) is 0. The van der Waals surface area contributed by atoms with Gasteiger partial charge in [-0.3, -0.25) is 4.79 Å². The molecule has 1 fully saturated rings. The van der Waals surface area contributed by atoms with Crippen LogP contribution in [0.15, 0.2) is 36.4 Å². The molecule has 33 heavy (non-hydrogen) atoms. The van der Waals surface area contributed by atoms with E-state index in [-0.39, 0.29) is 11.6 Å². The summed E-state index contributed by atoms with van der Waals surface area (Å²) in [6.07, 6.45) is -1.99. The first-order valence-electron chi connectivity index (χ1n) is 10.7. The average molecular weight is 463 g/mol. The Bertz CT molecular complexity index is 1090. The second-order valence-corrected chi connectivity index (χ2v) is 7.84. The molecular weight excluding hydrogens is 439 g/mol. The largest absolute Gasteiger partial charge is 0.494 e. The molecule has 0 N–H and O–H groups in total. The van der Waals surface area contributed by atoms with Gasteiger partial charge in [-0.1, -0.05) is 12.1 Å². The van der Waals surface area contributed by atoms with Crippen molar-refractivity contribution in [3.8, 4) is 5.75 Å². The fraction of sp³-hybridized carbons (Fsp3) is 0.455. The molecule has 0 saturated carbocycles. The van der Waals surface area contributed by atoms with Gasteiger partial charge in [0, 0.05) is 19.5 Å². The molecule has 2 aromatic heterocycles. The molecule has 0 aliphatic carbocycles. The summed E-state index contributed by atoms with van der Waals surface area (Å²) in [5.74, 6) is 0.189. The molecule has 0 bridgehead atoms. The number of halogens is 3. The van der Waals surface area contributed by atoms with E-state index in [9.17, 15) is 18.0 Å². The number of piperidine rings is 1. The Morgan fingerprint density at radius 3 is 2.48 bits per heavy atom. The van der Waals surface area contributed by atoms with E-state index in [0.717, 1.165) is 23.1 Å². The van der Waals surface area contributed by atoms with Gasteiger partial charge >= 0.3 is 12.1 Å². The van der Waals surface area contributed by atoms with Gasteiger partial charge in [0.15, 0.2) is 5.65 Å². The Balaban J connectivity index is 1.33. The van der Waals surface area contributed by atoms with Crippen molar-refractivity contribution in [1.82, 2.24) is 19.8 Å². The fourth-order valence-corrected chi connectivity index (χ4v) is 3.91. The molecule has 3 heterocycles. The maximum atomic E-state index is 13.1. The summed E-state index contributed by atoms with van der Waals surface area (Å²) >= 11 is 0. The van der Waals surface area contributed by atoms with Crippen molar-refractivity contribution in [1.29, 1.82) is 0 Å². The SMILES string of the molecule is COC(=O)CCCOc1ccc(C2CCN(c3ccc4nnc(C(F)(F)F)n4n3)CC2)cc1. The van der Waals surface area contributed by atoms with Crippen molar-refractivity contribution in [2.75, 3.05) is 31.7 Å². The molecule has 176 valence electrons. The molecule has 0 radical (unpaired) electrons. The molecular formula is C22H24F3N5O3. The molecule has 1 aliphatic rings. The van der Waals surface area contributed by atoms with E-state index in [0.29, 0.717) is 44.3 Å². The minimum atomic E-state index is -4.62. The van der Waals surface area contributed by atoms with Crippen LogP contribution in [-0.2, 0) is 15.7 Å². The Kier molecular flexibility index (Phi) is 6.66. The van der Waals surface area contributed by atoms with Crippen molar-refractivity contribution < 1.29 is 27.4 Å². The zero-order valence-corrected chi connectivity index (χ0v) is 18.1. The lowest BCUT2D eigenvalue weighted by Gasteiger charge is -2.33. The first kappa shape index (κ1) is 22.8. The van der Waals surface area contributed by atoms with Crippen LogP contribution in [0, 0.1) is 0 Å². The van der Waals surface area contributed by atoms with Crippen molar-refractivity contribution in [2.45, 2.75) is 37.8 Å². The van der Waals surface area contributed by atoms with E-state index in [1.807, 2.05) is 29.2 Å². The zero-order valence-electron chi connectivity index (χ0n) is 18.1. The van der Waals surface area contributed by atoms with Crippen LogP contribution in [0.2, 0.25) is 0 Å². The third-order valence-corrected chi connectivity index (χ3v) is 5.69. The number of nitrogens with zero attached hydrogens (tertiary/aromatic N) is 5. The number of ether oxygens (including phenoxy) is 2. The van der Waals surface area contributed by atoms with Gasteiger partial charge < -0.3 is 14.4 Å². The van der Waals surface area contributed by atoms with Crippen molar-refractivity contribution in [3.05, 3.63) is 47.8 Å². The summed E-state index contributed by atoms with van der Waals surface area (Å²) in [5.41, 5.74) is 1.26. The summed E-state index contributed by atoms with van der Waals surface area (Å²) in [5, 5.41) is 10.9. The average Bonchev–Trinajstić information content (AvgIpc) is 3.26. The zero-order chi connectivity index (χ0) is 23.4. The van der Waals surface area contributed by atoms with Gasteiger partial charge in [0.05, 0.1) is 13.7 Å². The highest BCUT2D eigenvalue weighted by molar-refractivity contribution is 5.69. The molecule has 8 nitrogen and oxygen atoms in total. The fourth-order valence-electron chi connectivity index (χ4n) is 3.91. The second kappa shape index (κ2) is 9.63. The van der Waals surface area contributed by atoms with Crippen LogP contribution in [0.25, 0.3) is 5.65 Å². The Morgan fingerprint density at radius 2 is 1.82 bits per heavy atom. The van der Waals surface area contributed by atoms with Crippen LogP contribution < -0.4 is 9.64 Å². The van der Waals surface area contributed by atoms with E-state index < -0.39 is 12.0 Å². The normalized spacial score (nSPS) is 15.1. The molecule has 1 aliphatic heterocycles. The number of hydrogen-bond acceptors (Lipinski definition) is 7. The maximum Gasteiger partial charge on any atom is 0.453 e.